The Hall–Kier alpha value is -1.62. The lowest BCUT2D eigenvalue weighted by atomic mass is 9.94. The third-order valence-corrected chi connectivity index (χ3v) is 3.29. The first-order valence-electron chi connectivity index (χ1n) is 5.95. The maximum Gasteiger partial charge on any atom is 0.270 e. The number of hydrogen-bond acceptors (Lipinski definition) is 3. The molecule has 17 heavy (non-hydrogen) atoms. The summed E-state index contributed by atoms with van der Waals surface area (Å²) in [5.74, 6) is 4.58. The molecule has 0 atom stereocenters. The van der Waals surface area contributed by atoms with E-state index in [9.17, 15) is 9.59 Å². The van der Waals surface area contributed by atoms with Crippen LogP contribution >= 0.6 is 0 Å². The summed E-state index contributed by atoms with van der Waals surface area (Å²) in [6.07, 6.45) is 4.07. The number of aromatic nitrogens is 1. The van der Waals surface area contributed by atoms with Crippen LogP contribution in [0.1, 0.15) is 41.4 Å². The van der Waals surface area contributed by atoms with Crippen LogP contribution in [0.5, 0.6) is 0 Å². The van der Waals surface area contributed by atoms with E-state index in [4.69, 9.17) is 5.84 Å². The molecule has 0 radical (unpaired) electrons. The molecule has 0 saturated heterocycles. The Labute approximate surface area is 99.6 Å². The molecule has 0 fully saturated rings. The zero-order valence-electron chi connectivity index (χ0n) is 9.95. The van der Waals surface area contributed by atoms with Crippen molar-refractivity contribution in [1.29, 1.82) is 0 Å². The van der Waals surface area contributed by atoms with Crippen molar-refractivity contribution >= 4 is 5.91 Å². The Morgan fingerprint density at radius 1 is 1.47 bits per heavy atom. The van der Waals surface area contributed by atoms with Crippen molar-refractivity contribution in [2.24, 2.45) is 5.84 Å². The molecular formula is C12H17N3O2. The highest BCUT2D eigenvalue weighted by Crippen LogP contribution is 2.20. The van der Waals surface area contributed by atoms with E-state index in [0.717, 1.165) is 36.9 Å². The maximum atomic E-state index is 12.1. The van der Waals surface area contributed by atoms with Crippen LogP contribution in [0.4, 0.5) is 0 Å². The largest absolute Gasteiger partial charge is 0.312 e. The van der Waals surface area contributed by atoms with E-state index < -0.39 is 5.91 Å². The summed E-state index contributed by atoms with van der Waals surface area (Å²) < 4.78 is 1.69. The zero-order chi connectivity index (χ0) is 12.4. The van der Waals surface area contributed by atoms with E-state index in [0.29, 0.717) is 6.54 Å². The molecule has 1 aliphatic carbocycles. The molecule has 3 N–H and O–H groups in total. The molecule has 0 spiro atoms. The van der Waals surface area contributed by atoms with Crippen LogP contribution < -0.4 is 16.8 Å². The molecule has 0 bridgehead atoms. The Balaban J connectivity index is 2.64. The quantitative estimate of drug-likeness (QED) is 0.441. The predicted molar refractivity (Wildman–Crippen MR) is 64.7 cm³/mol. The van der Waals surface area contributed by atoms with Gasteiger partial charge in [0.25, 0.3) is 11.5 Å². The average molecular weight is 235 g/mol. The van der Waals surface area contributed by atoms with Crippen molar-refractivity contribution in [3.05, 3.63) is 33.2 Å². The van der Waals surface area contributed by atoms with Gasteiger partial charge in [-0.25, -0.2) is 5.84 Å². The smallest absolute Gasteiger partial charge is 0.270 e. The fraction of sp³-hybridized carbons (Fsp3) is 0.500. The van der Waals surface area contributed by atoms with E-state index in [1.54, 1.807) is 10.6 Å². The first kappa shape index (κ1) is 11.9. The second-order valence-corrected chi connectivity index (χ2v) is 4.26. The highest BCUT2D eigenvalue weighted by Gasteiger charge is 2.19. The molecule has 0 aromatic carbocycles. The predicted octanol–water partition coefficient (Wildman–Crippen LogP) is 0.350. The Bertz CT molecular complexity index is 505. The van der Waals surface area contributed by atoms with Gasteiger partial charge in [0, 0.05) is 12.2 Å². The molecule has 1 aliphatic rings. The number of carbonyl (C=O) groups excluding carboxylic acids is 1. The van der Waals surface area contributed by atoms with Gasteiger partial charge < -0.3 is 4.57 Å². The first-order valence-corrected chi connectivity index (χ1v) is 5.95. The highest BCUT2D eigenvalue weighted by molar-refractivity contribution is 5.93. The zero-order valence-corrected chi connectivity index (χ0v) is 9.95. The molecule has 1 heterocycles. The summed E-state index contributed by atoms with van der Waals surface area (Å²) in [4.78, 5) is 23.7. The molecule has 5 heteroatoms. The lowest BCUT2D eigenvalue weighted by molar-refractivity contribution is 0.0951. The normalized spacial score (nSPS) is 14.2. The van der Waals surface area contributed by atoms with Gasteiger partial charge >= 0.3 is 0 Å². The van der Waals surface area contributed by atoms with Crippen LogP contribution in [-0.4, -0.2) is 10.5 Å². The van der Waals surface area contributed by atoms with Crippen LogP contribution in [0.3, 0.4) is 0 Å². The van der Waals surface area contributed by atoms with Crippen LogP contribution in [-0.2, 0) is 19.4 Å². The van der Waals surface area contributed by atoms with Crippen molar-refractivity contribution in [3.8, 4) is 0 Å². The number of nitrogen functional groups attached to an aromatic ring is 1. The van der Waals surface area contributed by atoms with Gasteiger partial charge in [-0.3, -0.25) is 15.0 Å². The summed E-state index contributed by atoms with van der Waals surface area (Å²) in [6.45, 7) is 2.51. The van der Waals surface area contributed by atoms with Crippen LogP contribution in [0.15, 0.2) is 10.9 Å². The minimum atomic E-state index is -0.509. The molecule has 0 aliphatic heterocycles. The van der Waals surface area contributed by atoms with Crippen molar-refractivity contribution < 1.29 is 4.79 Å². The van der Waals surface area contributed by atoms with Crippen LogP contribution in [0, 0.1) is 0 Å². The Kier molecular flexibility index (Phi) is 3.28. The molecule has 0 unspecified atom stereocenters. The van der Waals surface area contributed by atoms with Crippen molar-refractivity contribution in [1.82, 2.24) is 9.99 Å². The first-order chi connectivity index (χ1) is 8.19. The van der Waals surface area contributed by atoms with E-state index in [1.807, 2.05) is 12.3 Å². The number of fused-ring (bicyclic) bond motifs is 1. The number of pyridine rings is 1. The second kappa shape index (κ2) is 4.71. The third-order valence-electron chi connectivity index (χ3n) is 3.29. The second-order valence-electron chi connectivity index (χ2n) is 4.26. The third kappa shape index (κ3) is 1.98. The number of aryl methyl sites for hydroxylation is 1. The maximum absolute atomic E-state index is 12.1. The van der Waals surface area contributed by atoms with E-state index in [1.165, 1.54) is 0 Å². The summed E-state index contributed by atoms with van der Waals surface area (Å²) in [7, 11) is 0. The summed E-state index contributed by atoms with van der Waals surface area (Å²) in [5.41, 5.74) is 4.12. The minimum Gasteiger partial charge on any atom is -0.312 e. The molecular weight excluding hydrogens is 218 g/mol. The van der Waals surface area contributed by atoms with Gasteiger partial charge in [0.2, 0.25) is 0 Å². The number of hydrogen-bond donors (Lipinski definition) is 2. The van der Waals surface area contributed by atoms with Gasteiger partial charge in [-0.2, -0.15) is 0 Å². The fourth-order valence-electron chi connectivity index (χ4n) is 2.46. The van der Waals surface area contributed by atoms with Gasteiger partial charge in [-0.05, 0) is 44.2 Å². The minimum absolute atomic E-state index is 0.148. The van der Waals surface area contributed by atoms with Crippen molar-refractivity contribution in [2.45, 2.75) is 39.2 Å². The Morgan fingerprint density at radius 2 is 2.18 bits per heavy atom. The monoisotopic (exact) mass is 235 g/mol. The topological polar surface area (TPSA) is 77.1 Å². The number of nitrogens with one attached hydrogen (secondary N) is 1. The molecule has 5 nitrogen and oxygen atoms in total. The fourth-order valence-corrected chi connectivity index (χ4v) is 2.46. The number of carbonyl (C=O) groups is 1. The SMILES string of the molecule is CCn1c2c(cc(C(=O)NN)c1=O)CCCC2. The van der Waals surface area contributed by atoms with E-state index in [-0.39, 0.29) is 11.1 Å². The number of nitrogens with zero attached hydrogens (tertiary/aromatic N) is 1. The molecule has 1 aromatic rings. The number of rotatable bonds is 2. The van der Waals surface area contributed by atoms with E-state index in [2.05, 4.69) is 0 Å². The molecule has 2 rings (SSSR count). The molecule has 0 saturated carbocycles. The summed E-state index contributed by atoms with van der Waals surface area (Å²) in [5, 5.41) is 0. The van der Waals surface area contributed by atoms with Gasteiger partial charge in [0.1, 0.15) is 5.56 Å². The van der Waals surface area contributed by atoms with Crippen molar-refractivity contribution in [2.75, 3.05) is 0 Å². The van der Waals surface area contributed by atoms with E-state index >= 15 is 0 Å². The van der Waals surface area contributed by atoms with Gasteiger partial charge in [0.15, 0.2) is 0 Å². The molecule has 1 aromatic heterocycles. The summed E-state index contributed by atoms with van der Waals surface area (Å²) in [6, 6.07) is 1.70. The lowest BCUT2D eigenvalue weighted by Crippen LogP contribution is -2.38. The Morgan fingerprint density at radius 3 is 2.82 bits per heavy atom. The number of hydrazine groups is 1. The van der Waals surface area contributed by atoms with Gasteiger partial charge in [-0.15, -0.1) is 0 Å². The van der Waals surface area contributed by atoms with Crippen molar-refractivity contribution in [3.63, 3.8) is 0 Å². The highest BCUT2D eigenvalue weighted by atomic mass is 16.2. The molecule has 1 amide bonds. The standard InChI is InChI=1S/C12H17N3O2/c1-2-15-10-6-4-3-5-8(10)7-9(12(15)17)11(16)14-13/h7H,2-6,13H2,1H3,(H,14,16). The van der Waals surface area contributed by atoms with Gasteiger partial charge in [0.05, 0.1) is 0 Å². The summed E-state index contributed by atoms with van der Waals surface area (Å²) >= 11 is 0. The van der Waals surface area contributed by atoms with Crippen LogP contribution in [0.2, 0.25) is 0 Å². The average Bonchev–Trinajstić information content (AvgIpc) is 2.37. The molecule has 92 valence electrons. The van der Waals surface area contributed by atoms with Gasteiger partial charge in [-0.1, -0.05) is 0 Å². The number of amides is 1. The lowest BCUT2D eigenvalue weighted by Gasteiger charge is -2.21. The van der Waals surface area contributed by atoms with Crippen LogP contribution in [0.25, 0.3) is 0 Å². The number of nitrogens with two attached hydrogens (primary N) is 1.